The third-order valence-corrected chi connectivity index (χ3v) is 7.36. The van der Waals surface area contributed by atoms with E-state index in [0.717, 1.165) is 29.4 Å². The topological polar surface area (TPSA) is 99.9 Å². The van der Waals surface area contributed by atoms with Gasteiger partial charge in [0.25, 0.3) is 5.91 Å². The van der Waals surface area contributed by atoms with Crippen LogP contribution in [-0.2, 0) is 4.79 Å². The summed E-state index contributed by atoms with van der Waals surface area (Å²) in [5, 5.41) is 14.4. The Bertz CT molecular complexity index is 1240. The van der Waals surface area contributed by atoms with E-state index >= 15 is 0 Å². The molecule has 2 aromatic carbocycles. The van der Waals surface area contributed by atoms with Crippen LogP contribution in [0.1, 0.15) is 43.7 Å². The van der Waals surface area contributed by atoms with Crippen molar-refractivity contribution in [1.82, 2.24) is 20.2 Å². The van der Waals surface area contributed by atoms with Gasteiger partial charge in [-0.2, -0.15) is 5.10 Å². The van der Waals surface area contributed by atoms with Gasteiger partial charge in [0.15, 0.2) is 22.5 Å². The van der Waals surface area contributed by atoms with Crippen LogP contribution in [0.25, 0.3) is 11.4 Å². The molecule has 4 rings (SSSR count). The van der Waals surface area contributed by atoms with E-state index < -0.39 is 0 Å². The molecule has 1 heterocycles. The minimum atomic E-state index is -0.257. The first kappa shape index (κ1) is 26.8. The van der Waals surface area contributed by atoms with Gasteiger partial charge in [0.2, 0.25) is 5.75 Å². The van der Waals surface area contributed by atoms with Crippen molar-refractivity contribution in [3.8, 4) is 28.6 Å². The summed E-state index contributed by atoms with van der Waals surface area (Å²) in [5.41, 5.74) is 4.16. The van der Waals surface area contributed by atoms with Gasteiger partial charge in [-0.1, -0.05) is 42.6 Å². The van der Waals surface area contributed by atoms with Gasteiger partial charge in [0.1, 0.15) is 0 Å². The molecule has 1 aliphatic rings. The van der Waals surface area contributed by atoms with Crippen LogP contribution in [0.5, 0.6) is 17.2 Å². The number of carbonyl (C=O) groups is 1. The molecule has 0 saturated heterocycles. The quantitative estimate of drug-likeness (QED) is 0.208. The number of halogens is 1. The molecule has 0 unspecified atom stereocenters. The third-order valence-electron chi connectivity index (χ3n) is 6.17. The first-order valence-electron chi connectivity index (χ1n) is 12.0. The largest absolute Gasteiger partial charge is 0.493 e. The monoisotopic (exact) mass is 543 g/mol. The van der Waals surface area contributed by atoms with E-state index in [1.165, 1.54) is 51.5 Å². The Labute approximate surface area is 225 Å². The van der Waals surface area contributed by atoms with E-state index in [0.29, 0.717) is 33.9 Å². The molecule has 1 fully saturated rings. The van der Waals surface area contributed by atoms with E-state index in [1.807, 2.05) is 24.3 Å². The molecule has 37 heavy (non-hydrogen) atoms. The van der Waals surface area contributed by atoms with E-state index in [-0.39, 0.29) is 11.7 Å². The zero-order chi connectivity index (χ0) is 26.2. The number of benzene rings is 2. The second-order valence-electron chi connectivity index (χ2n) is 8.48. The molecule has 0 bridgehead atoms. The Kier molecular flexibility index (Phi) is 9.29. The zero-order valence-corrected chi connectivity index (χ0v) is 22.6. The molecule has 0 radical (unpaired) electrons. The maximum Gasteiger partial charge on any atom is 0.250 e. The van der Waals surface area contributed by atoms with Crippen LogP contribution in [0.3, 0.4) is 0 Å². The number of aromatic nitrogens is 3. The van der Waals surface area contributed by atoms with Gasteiger partial charge in [-0.25, -0.2) is 5.43 Å². The zero-order valence-electron chi connectivity index (χ0n) is 21.1. The summed E-state index contributed by atoms with van der Waals surface area (Å²) in [4.78, 5) is 12.6. The number of carbonyl (C=O) groups excluding carboxylic acids is 1. The van der Waals surface area contributed by atoms with Gasteiger partial charge in [-0.3, -0.25) is 9.36 Å². The molecule has 1 aromatic heterocycles. The van der Waals surface area contributed by atoms with Gasteiger partial charge in [-0.05, 0) is 49.2 Å². The maximum absolute atomic E-state index is 12.6. The molecule has 196 valence electrons. The standard InChI is InChI=1S/C26H30ClN5O4S/c1-34-21-14-11-18(23(35-2)24(21)36-3)15-28-29-22(33)16-37-26-31-30-25(17-9-12-19(27)13-10-17)32(26)20-7-5-4-6-8-20/h9-15,20H,4-8,16H2,1-3H3,(H,29,33). The second-order valence-corrected chi connectivity index (χ2v) is 9.86. The molecule has 1 amide bonds. The lowest BCUT2D eigenvalue weighted by Gasteiger charge is -2.25. The van der Waals surface area contributed by atoms with Crippen LogP contribution in [0.2, 0.25) is 5.02 Å². The number of nitrogens with zero attached hydrogens (tertiary/aromatic N) is 4. The maximum atomic E-state index is 12.6. The summed E-state index contributed by atoms with van der Waals surface area (Å²) in [6.07, 6.45) is 7.21. The third kappa shape index (κ3) is 6.37. The minimum Gasteiger partial charge on any atom is -0.493 e. The highest BCUT2D eigenvalue weighted by molar-refractivity contribution is 7.99. The number of hydrazone groups is 1. The summed E-state index contributed by atoms with van der Waals surface area (Å²) in [6, 6.07) is 11.4. The van der Waals surface area contributed by atoms with Crippen LogP contribution in [0, 0.1) is 0 Å². The Morgan fingerprint density at radius 2 is 1.78 bits per heavy atom. The van der Waals surface area contributed by atoms with Crippen molar-refractivity contribution in [3.63, 3.8) is 0 Å². The molecule has 9 nitrogen and oxygen atoms in total. The van der Waals surface area contributed by atoms with Crippen LogP contribution in [0.15, 0.2) is 46.7 Å². The second kappa shape index (κ2) is 12.8. The fourth-order valence-electron chi connectivity index (χ4n) is 4.40. The van der Waals surface area contributed by atoms with Crippen LogP contribution in [-0.4, -0.2) is 54.0 Å². The Hall–Kier alpha value is -3.24. The van der Waals surface area contributed by atoms with Crippen molar-refractivity contribution in [1.29, 1.82) is 0 Å². The van der Waals surface area contributed by atoms with Crippen LogP contribution in [0.4, 0.5) is 0 Å². The summed E-state index contributed by atoms with van der Waals surface area (Å²) in [7, 11) is 4.62. The summed E-state index contributed by atoms with van der Waals surface area (Å²) < 4.78 is 18.3. The van der Waals surface area contributed by atoms with E-state index in [2.05, 4.69) is 25.3 Å². The van der Waals surface area contributed by atoms with Crippen molar-refractivity contribution < 1.29 is 19.0 Å². The smallest absolute Gasteiger partial charge is 0.250 e. The average molecular weight is 544 g/mol. The predicted molar refractivity (Wildman–Crippen MR) is 145 cm³/mol. The number of methoxy groups -OCH3 is 3. The van der Waals surface area contributed by atoms with Gasteiger partial charge >= 0.3 is 0 Å². The van der Waals surface area contributed by atoms with Crippen molar-refractivity contribution in [3.05, 3.63) is 47.0 Å². The Morgan fingerprint density at radius 3 is 2.46 bits per heavy atom. The lowest BCUT2D eigenvalue weighted by Crippen LogP contribution is -2.21. The number of hydrogen-bond donors (Lipinski definition) is 1. The lowest BCUT2D eigenvalue weighted by molar-refractivity contribution is -0.118. The van der Waals surface area contributed by atoms with Crippen molar-refractivity contribution in [2.75, 3.05) is 27.1 Å². The predicted octanol–water partition coefficient (Wildman–Crippen LogP) is 5.37. The highest BCUT2D eigenvalue weighted by Gasteiger charge is 2.24. The first-order chi connectivity index (χ1) is 18.0. The number of hydrogen-bond acceptors (Lipinski definition) is 8. The van der Waals surface area contributed by atoms with Crippen molar-refractivity contribution >= 4 is 35.5 Å². The van der Waals surface area contributed by atoms with Crippen LogP contribution < -0.4 is 19.6 Å². The average Bonchev–Trinajstić information content (AvgIpc) is 3.36. The van der Waals surface area contributed by atoms with Crippen molar-refractivity contribution in [2.45, 2.75) is 43.3 Å². The van der Waals surface area contributed by atoms with Crippen LogP contribution >= 0.6 is 23.4 Å². The van der Waals surface area contributed by atoms with E-state index in [9.17, 15) is 4.79 Å². The fourth-order valence-corrected chi connectivity index (χ4v) is 5.33. The van der Waals surface area contributed by atoms with Crippen molar-refractivity contribution in [2.24, 2.45) is 5.10 Å². The highest BCUT2D eigenvalue weighted by atomic mass is 35.5. The Balaban J connectivity index is 1.45. The molecule has 1 N–H and O–H groups in total. The molecule has 0 spiro atoms. The minimum absolute atomic E-state index is 0.145. The molecule has 0 atom stereocenters. The molecule has 11 heteroatoms. The van der Waals surface area contributed by atoms with E-state index in [4.69, 9.17) is 25.8 Å². The van der Waals surface area contributed by atoms with Gasteiger partial charge in [0, 0.05) is 22.2 Å². The molecule has 0 aliphatic heterocycles. The highest BCUT2D eigenvalue weighted by Crippen LogP contribution is 2.39. The fraction of sp³-hybridized carbons (Fsp3) is 0.385. The molecular formula is C26H30ClN5O4S. The first-order valence-corrected chi connectivity index (χ1v) is 13.4. The molecule has 1 aliphatic carbocycles. The van der Waals surface area contributed by atoms with Gasteiger partial charge in [-0.15, -0.1) is 10.2 Å². The van der Waals surface area contributed by atoms with E-state index in [1.54, 1.807) is 19.2 Å². The normalized spacial score (nSPS) is 14.1. The number of thioether (sulfide) groups is 1. The molecule has 3 aromatic rings. The molecular weight excluding hydrogens is 514 g/mol. The number of nitrogens with one attached hydrogen (secondary N) is 1. The number of rotatable bonds is 10. The van der Waals surface area contributed by atoms with Gasteiger partial charge in [0.05, 0.1) is 33.3 Å². The summed E-state index contributed by atoms with van der Waals surface area (Å²) in [5.74, 6) is 2.14. The summed E-state index contributed by atoms with van der Waals surface area (Å²) >= 11 is 7.43. The molecule has 1 saturated carbocycles. The summed E-state index contributed by atoms with van der Waals surface area (Å²) in [6.45, 7) is 0. The SMILES string of the molecule is COc1ccc(C=NNC(=O)CSc2nnc(-c3ccc(Cl)cc3)n2C2CCCCC2)c(OC)c1OC. The number of ether oxygens (including phenoxy) is 3. The van der Waals surface area contributed by atoms with Gasteiger partial charge < -0.3 is 14.2 Å². The number of amides is 1. The lowest BCUT2D eigenvalue weighted by atomic mass is 9.95. The Morgan fingerprint density at radius 1 is 1.05 bits per heavy atom.